The van der Waals surface area contributed by atoms with Gasteiger partial charge in [-0.25, -0.2) is 0 Å². The minimum atomic E-state index is -1.68. The number of hydrogen-bond acceptors (Lipinski definition) is 2. The predicted molar refractivity (Wildman–Crippen MR) is 77.5 cm³/mol. The number of ether oxygens (including phenoxy) is 1. The molecule has 1 aromatic rings. The van der Waals surface area contributed by atoms with Crippen LogP contribution in [-0.2, 0) is 15.8 Å². The van der Waals surface area contributed by atoms with Crippen LogP contribution < -0.4 is 0 Å². The van der Waals surface area contributed by atoms with Crippen LogP contribution in [0.5, 0.6) is 0 Å². The molecule has 2 nitrogen and oxygen atoms in total. The highest BCUT2D eigenvalue weighted by Gasteiger charge is 2.15. The van der Waals surface area contributed by atoms with Crippen molar-refractivity contribution in [3.8, 4) is 11.8 Å². The molecule has 0 atom stereocenters. The number of rotatable bonds is 6. The minimum Gasteiger partial charge on any atom is -0.403 e. The Labute approximate surface area is 111 Å². The zero-order chi connectivity index (χ0) is 13.3. The molecule has 0 amide bonds. The van der Waals surface area contributed by atoms with Crippen LogP contribution in [0.15, 0.2) is 42.6 Å². The fourth-order valence-electron chi connectivity index (χ4n) is 1.18. The maximum Gasteiger partial charge on any atom is 0.211 e. The molecule has 0 saturated heterocycles. The smallest absolute Gasteiger partial charge is 0.211 e. The number of benzene rings is 1. The summed E-state index contributed by atoms with van der Waals surface area (Å²) in [5, 5.41) is 0. The van der Waals surface area contributed by atoms with Crippen LogP contribution in [0.25, 0.3) is 0 Å². The van der Waals surface area contributed by atoms with Gasteiger partial charge < -0.3 is 9.16 Å². The zero-order valence-corrected chi connectivity index (χ0v) is 12.1. The summed E-state index contributed by atoms with van der Waals surface area (Å²) in [6, 6.07) is 10.1. The molecule has 96 valence electrons. The van der Waals surface area contributed by atoms with Gasteiger partial charge in [-0.2, -0.15) is 0 Å². The van der Waals surface area contributed by atoms with Crippen molar-refractivity contribution in [3.63, 3.8) is 0 Å². The third kappa shape index (κ3) is 6.41. The average Bonchev–Trinajstić information content (AvgIpc) is 2.39. The molecule has 0 aliphatic rings. The molecule has 1 rings (SSSR count). The van der Waals surface area contributed by atoms with E-state index in [4.69, 9.17) is 9.16 Å². The summed E-state index contributed by atoms with van der Waals surface area (Å²) in [5.41, 5.74) is 3.07. The Morgan fingerprint density at radius 3 is 2.50 bits per heavy atom. The molecule has 0 aromatic heterocycles. The summed E-state index contributed by atoms with van der Waals surface area (Å²) in [7, 11) is -1.68. The van der Waals surface area contributed by atoms with Crippen LogP contribution in [0.3, 0.4) is 0 Å². The topological polar surface area (TPSA) is 18.5 Å². The first kappa shape index (κ1) is 14.7. The normalized spacial score (nSPS) is 10.6. The lowest BCUT2D eigenvalue weighted by Gasteiger charge is -2.15. The van der Waals surface area contributed by atoms with Gasteiger partial charge in [0.1, 0.15) is 6.61 Å². The van der Waals surface area contributed by atoms with Crippen molar-refractivity contribution >= 4 is 8.32 Å². The summed E-state index contributed by atoms with van der Waals surface area (Å²) in [4.78, 5) is 0. The largest absolute Gasteiger partial charge is 0.403 e. The lowest BCUT2D eigenvalue weighted by Crippen LogP contribution is -2.27. The second-order valence-electron chi connectivity index (χ2n) is 4.43. The Morgan fingerprint density at radius 2 is 1.83 bits per heavy atom. The standard InChI is InChI=1S/C15H20O2Si/c1-4-18(2,3)17-13-9-8-12-16-14-15-10-6-5-7-11-15/h4-7,10-11H,1,12-14H2,2-3H3. The zero-order valence-electron chi connectivity index (χ0n) is 11.1. The molecule has 3 heteroatoms. The van der Waals surface area contributed by atoms with Gasteiger partial charge in [0.05, 0.1) is 13.2 Å². The van der Waals surface area contributed by atoms with Gasteiger partial charge >= 0.3 is 0 Å². The van der Waals surface area contributed by atoms with E-state index >= 15 is 0 Å². The van der Waals surface area contributed by atoms with Crippen LogP contribution >= 0.6 is 0 Å². The van der Waals surface area contributed by atoms with Gasteiger partial charge in [-0.05, 0) is 18.7 Å². The quantitative estimate of drug-likeness (QED) is 0.444. The van der Waals surface area contributed by atoms with Crippen molar-refractivity contribution in [3.05, 3.63) is 48.2 Å². The van der Waals surface area contributed by atoms with E-state index in [2.05, 4.69) is 31.5 Å². The maximum absolute atomic E-state index is 5.64. The highest BCUT2D eigenvalue weighted by Crippen LogP contribution is 2.03. The monoisotopic (exact) mass is 260 g/mol. The van der Waals surface area contributed by atoms with Crippen molar-refractivity contribution in [2.45, 2.75) is 19.7 Å². The van der Waals surface area contributed by atoms with Crippen molar-refractivity contribution < 1.29 is 9.16 Å². The molecule has 0 bridgehead atoms. The SMILES string of the molecule is C=C[Si](C)(C)OCC#CCOCc1ccccc1. The average molecular weight is 260 g/mol. The van der Waals surface area contributed by atoms with E-state index < -0.39 is 8.32 Å². The van der Waals surface area contributed by atoms with Gasteiger partial charge in [0.25, 0.3) is 0 Å². The van der Waals surface area contributed by atoms with Crippen LogP contribution in [0, 0.1) is 11.8 Å². The van der Waals surface area contributed by atoms with E-state index in [1.54, 1.807) is 0 Å². The summed E-state index contributed by atoms with van der Waals surface area (Å²) < 4.78 is 11.1. The molecule has 0 saturated carbocycles. The van der Waals surface area contributed by atoms with Crippen molar-refractivity contribution in [1.29, 1.82) is 0 Å². The molecule has 0 fully saturated rings. The Bertz CT molecular complexity index is 415. The summed E-state index contributed by atoms with van der Waals surface area (Å²) in [5.74, 6) is 5.89. The predicted octanol–water partition coefficient (Wildman–Crippen LogP) is 3.15. The van der Waals surface area contributed by atoms with Crippen LogP contribution in [-0.4, -0.2) is 21.5 Å². The second kappa shape index (κ2) is 7.88. The summed E-state index contributed by atoms with van der Waals surface area (Å²) in [6.07, 6.45) is 0. The van der Waals surface area contributed by atoms with E-state index in [0.29, 0.717) is 19.8 Å². The number of hydrogen-bond donors (Lipinski definition) is 0. The Hall–Kier alpha value is -1.34. The Balaban J connectivity index is 2.14. The highest BCUT2D eigenvalue weighted by molar-refractivity contribution is 6.76. The molecular formula is C15H20O2Si. The molecule has 0 aliphatic heterocycles. The maximum atomic E-state index is 5.64. The third-order valence-corrected chi connectivity index (χ3v) is 4.29. The molecule has 0 unspecified atom stereocenters. The molecule has 0 spiro atoms. The van der Waals surface area contributed by atoms with Crippen molar-refractivity contribution in [2.75, 3.05) is 13.2 Å². The van der Waals surface area contributed by atoms with E-state index in [0.717, 1.165) is 5.56 Å². The molecule has 0 heterocycles. The van der Waals surface area contributed by atoms with E-state index in [-0.39, 0.29) is 0 Å². The van der Waals surface area contributed by atoms with Gasteiger partial charge in [0.15, 0.2) is 0 Å². The minimum absolute atomic E-state index is 0.439. The highest BCUT2D eigenvalue weighted by atomic mass is 28.4. The molecule has 1 aromatic carbocycles. The second-order valence-corrected chi connectivity index (χ2v) is 8.33. The molecule has 0 aliphatic carbocycles. The van der Waals surface area contributed by atoms with Gasteiger partial charge in [-0.1, -0.05) is 47.9 Å². The lowest BCUT2D eigenvalue weighted by molar-refractivity contribution is 0.153. The summed E-state index contributed by atoms with van der Waals surface area (Å²) >= 11 is 0. The Kier molecular flexibility index (Phi) is 6.44. The van der Waals surface area contributed by atoms with Gasteiger partial charge in [-0.15, -0.1) is 6.58 Å². The van der Waals surface area contributed by atoms with Crippen LogP contribution in [0.2, 0.25) is 13.1 Å². The van der Waals surface area contributed by atoms with Crippen LogP contribution in [0.4, 0.5) is 0 Å². The third-order valence-electron chi connectivity index (χ3n) is 2.42. The first-order valence-electron chi connectivity index (χ1n) is 5.99. The molecular weight excluding hydrogens is 240 g/mol. The van der Waals surface area contributed by atoms with Gasteiger partial charge in [0.2, 0.25) is 8.32 Å². The molecule has 0 radical (unpaired) electrons. The molecule has 0 N–H and O–H groups in total. The van der Waals surface area contributed by atoms with Crippen molar-refractivity contribution in [1.82, 2.24) is 0 Å². The fraction of sp³-hybridized carbons (Fsp3) is 0.333. The Morgan fingerprint density at radius 1 is 1.17 bits per heavy atom. The first-order valence-corrected chi connectivity index (χ1v) is 8.97. The first-order chi connectivity index (χ1) is 8.64. The van der Waals surface area contributed by atoms with Gasteiger partial charge in [-0.3, -0.25) is 0 Å². The summed E-state index contributed by atoms with van der Waals surface area (Å²) in [6.45, 7) is 9.44. The van der Waals surface area contributed by atoms with E-state index in [1.807, 2.05) is 36.0 Å². The van der Waals surface area contributed by atoms with Crippen LogP contribution in [0.1, 0.15) is 5.56 Å². The van der Waals surface area contributed by atoms with Crippen molar-refractivity contribution in [2.24, 2.45) is 0 Å². The van der Waals surface area contributed by atoms with E-state index in [1.165, 1.54) is 0 Å². The molecule has 18 heavy (non-hydrogen) atoms. The fourth-order valence-corrected chi connectivity index (χ4v) is 1.74. The lowest BCUT2D eigenvalue weighted by atomic mass is 10.2. The van der Waals surface area contributed by atoms with E-state index in [9.17, 15) is 0 Å². The van der Waals surface area contributed by atoms with Gasteiger partial charge in [0, 0.05) is 0 Å².